The Morgan fingerprint density at radius 3 is 1.54 bits per heavy atom. The van der Waals surface area contributed by atoms with Gasteiger partial charge in [-0.25, -0.2) is 0 Å². The summed E-state index contributed by atoms with van der Waals surface area (Å²) in [4.78, 5) is 0. The smallest absolute Gasteiger partial charge is 0.0540 e. The summed E-state index contributed by atoms with van der Waals surface area (Å²) in [6, 6.07) is 0. The maximum Gasteiger partial charge on any atom is 0.0540 e. The first-order valence-electron chi connectivity index (χ1n) is 5.21. The maximum absolute atomic E-state index is 8.91. The molecule has 1 aliphatic carbocycles. The number of aliphatic hydroxyl groups is 3. The van der Waals surface area contributed by atoms with Crippen LogP contribution in [0.25, 0.3) is 0 Å². The molecule has 0 aromatic rings. The van der Waals surface area contributed by atoms with E-state index in [1.807, 2.05) is 0 Å². The fourth-order valence-corrected chi connectivity index (χ4v) is 1.30. The lowest BCUT2D eigenvalue weighted by Gasteiger charge is -2.14. The fourth-order valence-electron chi connectivity index (χ4n) is 1.30. The Kier molecular flexibility index (Phi) is 9.87. The summed E-state index contributed by atoms with van der Waals surface area (Å²) < 4.78 is 0. The van der Waals surface area contributed by atoms with Crippen molar-refractivity contribution < 1.29 is 15.3 Å². The lowest BCUT2D eigenvalue weighted by molar-refractivity contribution is 0.130. The van der Waals surface area contributed by atoms with Gasteiger partial charge in [-0.1, -0.05) is 19.3 Å². The number of rotatable bonds is 3. The molecule has 0 atom stereocenters. The summed E-state index contributed by atoms with van der Waals surface area (Å²) in [5.74, 6) is 0. The fraction of sp³-hybridized carbons (Fsp3) is 1.00. The van der Waals surface area contributed by atoms with E-state index in [1.165, 1.54) is 19.3 Å². The van der Waals surface area contributed by atoms with E-state index in [-0.39, 0.29) is 19.3 Å². The molecule has 0 saturated heterocycles. The Morgan fingerprint density at radius 1 is 0.846 bits per heavy atom. The van der Waals surface area contributed by atoms with Crippen molar-refractivity contribution in [3.8, 4) is 0 Å². The topological polar surface area (TPSA) is 60.7 Å². The predicted molar refractivity (Wildman–Crippen MR) is 52.5 cm³/mol. The standard InChI is InChI=1S/C6H12O.C4H10O2/c7-6-4-2-1-3-5-6;5-3-1-2-4-6/h6-7H,1-5H2;5-6H,1-4H2. The van der Waals surface area contributed by atoms with Crippen LogP contribution >= 0.6 is 0 Å². The van der Waals surface area contributed by atoms with Crippen molar-refractivity contribution in [1.82, 2.24) is 0 Å². The number of unbranched alkanes of at least 4 members (excludes halogenated alkanes) is 1. The van der Waals surface area contributed by atoms with Crippen LogP contribution in [0, 0.1) is 0 Å². The molecular weight excluding hydrogens is 168 g/mol. The molecule has 0 radical (unpaired) electrons. The van der Waals surface area contributed by atoms with Gasteiger partial charge in [0.2, 0.25) is 0 Å². The van der Waals surface area contributed by atoms with Crippen LogP contribution in [0.2, 0.25) is 0 Å². The van der Waals surface area contributed by atoms with Gasteiger partial charge in [0, 0.05) is 13.2 Å². The third kappa shape index (κ3) is 9.80. The van der Waals surface area contributed by atoms with E-state index in [1.54, 1.807) is 0 Å². The van der Waals surface area contributed by atoms with Crippen molar-refractivity contribution in [2.75, 3.05) is 13.2 Å². The second kappa shape index (κ2) is 9.96. The summed E-state index contributed by atoms with van der Waals surface area (Å²) in [7, 11) is 0. The molecule has 0 spiro atoms. The first-order chi connectivity index (χ1) is 6.31. The molecule has 1 fully saturated rings. The number of hydrogen-bond donors (Lipinski definition) is 3. The zero-order chi connectivity index (χ0) is 9.94. The van der Waals surface area contributed by atoms with Crippen LogP contribution < -0.4 is 0 Å². The van der Waals surface area contributed by atoms with Gasteiger partial charge in [0.25, 0.3) is 0 Å². The molecule has 0 heterocycles. The van der Waals surface area contributed by atoms with Crippen molar-refractivity contribution in [3.05, 3.63) is 0 Å². The summed E-state index contributed by atoms with van der Waals surface area (Å²) in [5, 5.41) is 25.1. The third-order valence-electron chi connectivity index (χ3n) is 2.14. The van der Waals surface area contributed by atoms with E-state index in [0.717, 1.165) is 25.7 Å². The number of hydrogen-bond acceptors (Lipinski definition) is 3. The molecule has 0 amide bonds. The normalized spacial score (nSPS) is 17.8. The molecule has 0 aromatic heterocycles. The Morgan fingerprint density at radius 2 is 1.31 bits per heavy atom. The lowest BCUT2D eigenvalue weighted by Crippen LogP contribution is -2.09. The molecule has 0 unspecified atom stereocenters. The van der Waals surface area contributed by atoms with Gasteiger partial charge in [-0.2, -0.15) is 0 Å². The Hall–Kier alpha value is -0.120. The van der Waals surface area contributed by atoms with E-state index in [9.17, 15) is 0 Å². The summed E-state index contributed by atoms with van der Waals surface area (Å²) in [5.41, 5.74) is 0. The van der Waals surface area contributed by atoms with Gasteiger partial charge >= 0.3 is 0 Å². The highest BCUT2D eigenvalue weighted by Gasteiger charge is 2.07. The summed E-state index contributed by atoms with van der Waals surface area (Å²) in [6.07, 6.45) is 7.36. The molecule has 80 valence electrons. The summed E-state index contributed by atoms with van der Waals surface area (Å²) >= 11 is 0. The average molecular weight is 190 g/mol. The van der Waals surface area contributed by atoms with Gasteiger partial charge < -0.3 is 15.3 Å². The molecule has 3 heteroatoms. The van der Waals surface area contributed by atoms with Crippen molar-refractivity contribution >= 4 is 0 Å². The molecule has 3 nitrogen and oxygen atoms in total. The molecule has 13 heavy (non-hydrogen) atoms. The second-order valence-corrected chi connectivity index (χ2v) is 3.45. The molecule has 3 N–H and O–H groups in total. The highest BCUT2D eigenvalue weighted by molar-refractivity contribution is 4.61. The molecular formula is C10H22O3. The zero-order valence-corrected chi connectivity index (χ0v) is 8.28. The average Bonchev–Trinajstić information content (AvgIpc) is 2.17. The minimum absolute atomic E-state index is 0.0359. The minimum Gasteiger partial charge on any atom is -0.396 e. The zero-order valence-electron chi connectivity index (χ0n) is 8.28. The highest BCUT2D eigenvalue weighted by Crippen LogP contribution is 2.16. The maximum atomic E-state index is 8.91. The molecule has 1 saturated carbocycles. The van der Waals surface area contributed by atoms with E-state index < -0.39 is 0 Å². The Labute approximate surface area is 80.4 Å². The molecule has 1 rings (SSSR count). The van der Waals surface area contributed by atoms with E-state index in [2.05, 4.69) is 0 Å². The second-order valence-electron chi connectivity index (χ2n) is 3.45. The predicted octanol–water partition coefficient (Wildman–Crippen LogP) is 1.06. The van der Waals surface area contributed by atoms with E-state index in [0.29, 0.717) is 0 Å². The summed E-state index contributed by atoms with van der Waals surface area (Å²) in [6.45, 7) is 0.390. The minimum atomic E-state index is 0.0359. The molecule has 0 aliphatic heterocycles. The van der Waals surface area contributed by atoms with Gasteiger partial charge in [0.05, 0.1) is 6.10 Å². The molecule has 1 aliphatic rings. The third-order valence-corrected chi connectivity index (χ3v) is 2.14. The van der Waals surface area contributed by atoms with Crippen LogP contribution in [0.4, 0.5) is 0 Å². The van der Waals surface area contributed by atoms with Crippen LogP contribution in [0.1, 0.15) is 44.9 Å². The van der Waals surface area contributed by atoms with Crippen LogP contribution in [0.5, 0.6) is 0 Å². The van der Waals surface area contributed by atoms with Crippen molar-refractivity contribution in [3.63, 3.8) is 0 Å². The first kappa shape index (κ1) is 12.9. The number of aliphatic hydroxyl groups excluding tert-OH is 3. The van der Waals surface area contributed by atoms with Crippen molar-refractivity contribution in [2.24, 2.45) is 0 Å². The highest BCUT2D eigenvalue weighted by atomic mass is 16.3. The largest absolute Gasteiger partial charge is 0.396 e. The van der Waals surface area contributed by atoms with E-state index >= 15 is 0 Å². The first-order valence-corrected chi connectivity index (χ1v) is 5.21. The van der Waals surface area contributed by atoms with Crippen LogP contribution in [-0.2, 0) is 0 Å². The van der Waals surface area contributed by atoms with Gasteiger partial charge in [0.1, 0.15) is 0 Å². The molecule has 0 bridgehead atoms. The van der Waals surface area contributed by atoms with Crippen LogP contribution in [-0.4, -0.2) is 34.6 Å². The Bertz CT molecular complexity index is 86.2. The van der Waals surface area contributed by atoms with E-state index in [4.69, 9.17) is 15.3 Å². The monoisotopic (exact) mass is 190 g/mol. The molecule has 0 aromatic carbocycles. The van der Waals surface area contributed by atoms with Gasteiger partial charge in [-0.15, -0.1) is 0 Å². The van der Waals surface area contributed by atoms with Crippen molar-refractivity contribution in [1.29, 1.82) is 0 Å². The van der Waals surface area contributed by atoms with Crippen LogP contribution in [0.15, 0.2) is 0 Å². The lowest BCUT2D eigenvalue weighted by atomic mass is 9.98. The van der Waals surface area contributed by atoms with Crippen molar-refractivity contribution in [2.45, 2.75) is 51.0 Å². The van der Waals surface area contributed by atoms with Crippen LogP contribution in [0.3, 0.4) is 0 Å². The van der Waals surface area contributed by atoms with Gasteiger partial charge in [0.15, 0.2) is 0 Å². The van der Waals surface area contributed by atoms with Gasteiger partial charge in [-0.3, -0.25) is 0 Å². The van der Waals surface area contributed by atoms with Gasteiger partial charge in [-0.05, 0) is 25.7 Å². The Balaban J connectivity index is 0.000000226. The SMILES string of the molecule is OC1CCCCC1.OCCCCO. The quantitative estimate of drug-likeness (QED) is 0.583.